The van der Waals surface area contributed by atoms with Crippen LogP contribution < -0.4 is 11.1 Å². The molecule has 0 spiro atoms. The predicted molar refractivity (Wildman–Crippen MR) is 98.8 cm³/mol. The van der Waals surface area contributed by atoms with E-state index < -0.39 is 45.4 Å². The number of ether oxygens (including phenoxy) is 1. The number of hydrogen-bond donors (Lipinski definition) is 2. The van der Waals surface area contributed by atoms with Crippen molar-refractivity contribution >= 4 is 44.9 Å². The highest BCUT2D eigenvalue weighted by atomic mass is 35.5. The van der Waals surface area contributed by atoms with E-state index in [9.17, 15) is 22.4 Å². The molecule has 4 N–H and O–H groups in total. The van der Waals surface area contributed by atoms with Crippen molar-refractivity contribution < 1.29 is 32.9 Å². The number of esters is 1. The van der Waals surface area contributed by atoms with Gasteiger partial charge in [0.1, 0.15) is 12.8 Å². The van der Waals surface area contributed by atoms with Gasteiger partial charge in [-0.3, -0.25) is 9.59 Å². The van der Waals surface area contributed by atoms with Crippen molar-refractivity contribution in [3.8, 4) is 0 Å². The van der Waals surface area contributed by atoms with E-state index in [1.807, 2.05) is 0 Å². The molecule has 0 saturated heterocycles. The first-order valence-electron chi connectivity index (χ1n) is 8.03. The normalized spacial score (nSPS) is 13.9. The Morgan fingerprint density at radius 1 is 1.26 bits per heavy atom. The fourth-order valence-corrected chi connectivity index (χ4v) is 2.95. The predicted octanol–water partition coefficient (Wildman–Crippen LogP) is 0.955. The Balaban J connectivity index is 3.15. The van der Waals surface area contributed by atoms with Crippen LogP contribution in [0.2, 0.25) is 0 Å². The number of sulfone groups is 1. The molecule has 0 aliphatic rings. The van der Waals surface area contributed by atoms with Crippen LogP contribution in [0.5, 0.6) is 0 Å². The zero-order valence-electron chi connectivity index (χ0n) is 14.7. The van der Waals surface area contributed by atoms with Crippen LogP contribution in [0.15, 0.2) is 29.2 Å². The standard InChI is InChI=1S/C16H21Cl2FN2O5S/c1-27(24,25)11-6-4-10(5-7-11)14(26-13(22)3-2-8-20)12(9-19)21-16(23)15(17)18/h4-7,12,14-15H,2-3,8-9,20H2,1H3,(H,21,23)/p+1/t12-,14-/m1/s1. The van der Waals surface area contributed by atoms with Crippen LogP contribution in [0.25, 0.3) is 0 Å². The van der Waals surface area contributed by atoms with E-state index in [0.29, 0.717) is 18.5 Å². The topological polar surface area (TPSA) is 117 Å². The zero-order chi connectivity index (χ0) is 20.6. The molecule has 1 aromatic rings. The van der Waals surface area contributed by atoms with Crippen molar-refractivity contribution in [3.05, 3.63) is 29.8 Å². The van der Waals surface area contributed by atoms with E-state index in [0.717, 1.165) is 6.26 Å². The number of hydrogen-bond acceptors (Lipinski definition) is 5. The van der Waals surface area contributed by atoms with Gasteiger partial charge in [-0.05, 0) is 17.7 Å². The van der Waals surface area contributed by atoms with E-state index >= 15 is 0 Å². The lowest BCUT2D eigenvalue weighted by atomic mass is 10.0. The zero-order valence-corrected chi connectivity index (χ0v) is 17.0. The number of benzene rings is 1. The maximum Gasteiger partial charge on any atom is 0.306 e. The summed E-state index contributed by atoms with van der Waals surface area (Å²) in [5.74, 6) is -1.44. The van der Waals surface area contributed by atoms with Crippen LogP contribution >= 0.6 is 23.2 Å². The van der Waals surface area contributed by atoms with Gasteiger partial charge in [-0.15, -0.1) is 0 Å². The van der Waals surface area contributed by atoms with Crippen LogP contribution in [0.3, 0.4) is 0 Å². The highest BCUT2D eigenvalue weighted by Crippen LogP contribution is 2.25. The lowest BCUT2D eigenvalue weighted by Crippen LogP contribution is -2.50. The van der Waals surface area contributed by atoms with Gasteiger partial charge >= 0.3 is 5.97 Å². The van der Waals surface area contributed by atoms with Crippen molar-refractivity contribution in [3.63, 3.8) is 0 Å². The van der Waals surface area contributed by atoms with E-state index in [1.165, 1.54) is 24.3 Å². The lowest BCUT2D eigenvalue weighted by molar-refractivity contribution is -0.368. The second kappa shape index (κ2) is 10.8. The molecule has 1 amide bonds. The van der Waals surface area contributed by atoms with E-state index in [-0.39, 0.29) is 11.3 Å². The van der Waals surface area contributed by atoms with E-state index in [4.69, 9.17) is 27.9 Å². The van der Waals surface area contributed by atoms with Crippen LogP contribution in [-0.2, 0) is 24.2 Å². The summed E-state index contributed by atoms with van der Waals surface area (Å²) >= 11 is 10.9. The summed E-state index contributed by atoms with van der Waals surface area (Å²) in [6, 6.07) is 4.16. The number of carbonyl (C=O) groups is 2. The Bertz CT molecular complexity index is 744. The molecule has 0 aromatic heterocycles. The summed E-state index contributed by atoms with van der Waals surface area (Å²) in [6.45, 7) is -0.542. The van der Waals surface area contributed by atoms with Crippen molar-refractivity contribution in [1.29, 1.82) is 0 Å². The number of rotatable bonds is 10. The van der Waals surface area contributed by atoms with Gasteiger partial charge in [0.25, 0.3) is 5.91 Å². The van der Waals surface area contributed by atoms with Gasteiger partial charge < -0.3 is 15.8 Å². The summed E-state index contributed by atoms with van der Waals surface area (Å²) < 4.78 is 42.1. The highest BCUT2D eigenvalue weighted by Gasteiger charge is 2.30. The summed E-state index contributed by atoms with van der Waals surface area (Å²) in [5.41, 5.74) is 3.94. The first kappa shape index (κ1) is 23.6. The third-order valence-electron chi connectivity index (χ3n) is 3.58. The molecule has 11 heteroatoms. The second-order valence-electron chi connectivity index (χ2n) is 5.78. The van der Waals surface area contributed by atoms with Gasteiger partial charge in [-0.1, -0.05) is 35.3 Å². The SMILES string of the molecule is CS(=O)(=O)c1ccc([C@@H](OC(=O)CCC[NH3+])[C@@H](CF)NC(=O)C(Cl)Cl)cc1. The van der Waals surface area contributed by atoms with Gasteiger partial charge in [0.15, 0.2) is 14.7 Å². The molecule has 152 valence electrons. The first-order valence-corrected chi connectivity index (χ1v) is 10.8. The van der Waals surface area contributed by atoms with E-state index in [1.54, 1.807) is 0 Å². The number of amides is 1. The average molecular weight is 444 g/mol. The minimum Gasteiger partial charge on any atom is -0.455 e. The Morgan fingerprint density at radius 3 is 2.30 bits per heavy atom. The summed E-state index contributed by atoms with van der Waals surface area (Å²) in [5, 5.41) is 2.29. The molecule has 0 aliphatic heterocycles. The van der Waals surface area contributed by atoms with Crippen molar-refractivity contribution in [1.82, 2.24) is 5.32 Å². The molecule has 0 radical (unpaired) electrons. The van der Waals surface area contributed by atoms with Crippen molar-refractivity contribution in [2.24, 2.45) is 0 Å². The molecule has 1 rings (SSSR count). The van der Waals surface area contributed by atoms with Crippen molar-refractivity contribution in [2.75, 3.05) is 19.5 Å². The summed E-state index contributed by atoms with van der Waals surface area (Å²) in [6.07, 6.45) is 0.416. The van der Waals surface area contributed by atoms with E-state index in [2.05, 4.69) is 11.1 Å². The molecule has 1 aromatic carbocycles. The number of halogens is 3. The average Bonchev–Trinajstić information content (AvgIpc) is 2.61. The molecule has 0 saturated carbocycles. The molecule has 0 heterocycles. The number of alkyl halides is 3. The molecule has 2 atom stereocenters. The Labute approximate surface area is 167 Å². The quantitative estimate of drug-likeness (QED) is 0.412. The van der Waals surface area contributed by atoms with Gasteiger partial charge in [0, 0.05) is 12.7 Å². The van der Waals surface area contributed by atoms with Crippen LogP contribution in [0.1, 0.15) is 24.5 Å². The molecule has 0 bridgehead atoms. The Hall–Kier alpha value is -1.42. The molecule has 0 fully saturated rings. The number of nitrogens with one attached hydrogen (secondary N) is 1. The van der Waals surface area contributed by atoms with Gasteiger partial charge in [-0.25, -0.2) is 12.8 Å². The minimum absolute atomic E-state index is 0.0517. The Kier molecular flexibility index (Phi) is 9.44. The molecule has 0 unspecified atom stereocenters. The van der Waals surface area contributed by atoms with Gasteiger partial charge in [-0.2, -0.15) is 0 Å². The lowest BCUT2D eigenvalue weighted by Gasteiger charge is -2.26. The maximum absolute atomic E-state index is 13.6. The van der Waals surface area contributed by atoms with Gasteiger partial charge in [0.2, 0.25) is 0 Å². The van der Waals surface area contributed by atoms with Crippen LogP contribution in [0.4, 0.5) is 4.39 Å². The van der Waals surface area contributed by atoms with Crippen LogP contribution in [-0.4, -0.2) is 50.6 Å². The third kappa shape index (κ3) is 7.61. The largest absolute Gasteiger partial charge is 0.455 e. The Morgan fingerprint density at radius 2 is 1.85 bits per heavy atom. The monoisotopic (exact) mass is 443 g/mol. The molecular weight excluding hydrogens is 422 g/mol. The first-order chi connectivity index (χ1) is 12.6. The van der Waals surface area contributed by atoms with Crippen LogP contribution in [0, 0.1) is 0 Å². The number of carbonyl (C=O) groups excluding carboxylic acids is 2. The molecule has 27 heavy (non-hydrogen) atoms. The summed E-state index contributed by atoms with van der Waals surface area (Å²) in [4.78, 5) is 22.4. The molecule has 0 aliphatic carbocycles. The summed E-state index contributed by atoms with van der Waals surface area (Å²) in [7, 11) is -3.43. The maximum atomic E-state index is 13.6. The second-order valence-corrected chi connectivity index (χ2v) is 8.89. The highest BCUT2D eigenvalue weighted by molar-refractivity contribution is 7.90. The number of quaternary nitrogens is 1. The smallest absolute Gasteiger partial charge is 0.306 e. The fraction of sp³-hybridized carbons (Fsp3) is 0.500. The van der Waals surface area contributed by atoms with Gasteiger partial charge in [0.05, 0.1) is 23.9 Å². The third-order valence-corrected chi connectivity index (χ3v) is 5.11. The molecular formula is C16H22Cl2FN2O5S+. The molecule has 7 nitrogen and oxygen atoms in total. The fourth-order valence-electron chi connectivity index (χ4n) is 2.20. The van der Waals surface area contributed by atoms with Crippen molar-refractivity contribution in [2.45, 2.75) is 34.7 Å². The minimum atomic E-state index is -3.43.